The quantitative estimate of drug-likeness (QED) is 0.654. The zero-order valence-electron chi connectivity index (χ0n) is 9.18. The fraction of sp³-hybridized carbons (Fsp3) is 0.0714. The molecule has 0 saturated heterocycles. The molecule has 2 nitrogen and oxygen atoms in total. The topological polar surface area (TPSA) is 17.8 Å². The molecular weight excluding hydrogens is 323 g/mol. The predicted molar refractivity (Wildman–Crippen MR) is 78.0 cm³/mol. The molecule has 0 aliphatic heterocycles. The molecule has 3 aromatic rings. The average Bonchev–Trinajstić information content (AvgIpc) is 2.69. The van der Waals surface area contributed by atoms with Crippen molar-refractivity contribution in [2.24, 2.45) is 0 Å². The van der Waals surface area contributed by atoms with Crippen molar-refractivity contribution in [3.8, 4) is 0 Å². The molecule has 0 fully saturated rings. The van der Waals surface area contributed by atoms with Crippen molar-refractivity contribution >= 4 is 33.5 Å². The van der Waals surface area contributed by atoms with Crippen LogP contribution in [0.25, 0.3) is 10.9 Å². The van der Waals surface area contributed by atoms with Crippen molar-refractivity contribution in [2.75, 3.05) is 0 Å². The summed E-state index contributed by atoms with van der Waals surface area (Å²) in [6.07, 6.45) is 0. The van der Waals surface area contributed by atoms with Crippen molar-refractivity contribution in [3.63, 3.8) is 0 Å². The first-order valence-electron chi connectivity index (χ1n) is 5.49. The van der Waals surface area contributed by atoms with E-state index in [4.69, 9.17) is 0 Å². The lowest BCUT2D eigenvalue weighted by Crippen LogP contribution is -2.01. The van der Waals surface area contributed by atoms with Gasteiger partial charge < -0.3 is 0 Å². The third-order valence-corrected chi connectivity index (χ3v) is 3.58. The third kappa shape index (κ3) is 2.07. The van der Waals surface area contributed by atoms with Crippen molar-refractivity contribution in [1.82, 2.24) is 9.78 Å². The minimum atomic E-state index is 0.824. The molecule has 0 radical (unpaired) electrons. The van der Waals surface area contributed by atoms with E-state index >= 15 is 0 Å². The molecule has 0 unspecified atom stereocenters. The van der Waals surface area contributed by atoms with Gasteiger partial charge in [0.05, 0.1) is 12.1 Å². The van der Waals surface area contributed by atoms with Crippen molar-refractivity contribution in [3.05, 3.63) is 63.9 Å². The van der Waals surface area contributed by atoms with Gasteiger partial charge in [0.25, 0.3) is 0 Å². The summed E-state index contributed by atoms with van der Waals surface area (Å²) in [5, 5.41) is 5.81. The number of rotatable bonds is 2. The second-order valence-corrected chi connectivity index (χ2v) is 4.97. The molecule has 0 spiro atoms. The van der Waals surface area contributed by atoms with E-state index < -0.39 is 0 Å². The SMILES string of the molecule is Ic1nn(Cc2ccccc2)c2ccccc12. The Morgan fingerprint density at radius 1 is 0.941 bits per heavy atom. The monoisotopic (exact) mass is 334 g/mol. The molecule has 0 aliphatic rings. The van der Waals surface area contributed by atoms with Crippen LogP contribution in [-0.4, -0.2) is 9.78 Å². The van der Waals surface area contributed by atoms with Crippen LogP contribution in [0.4, 0.5) is 0 Å². The van der Waals surface area contributed by atoms with Gasteiger partial charge in [0.2, 0.25) is 0 Å². The summed E-state index contributed by atoms with van der Waals surface area (Å²) >= 11 is 2.29. The van der Waals surface area contributed by atoms with E-state index in [1.807, 2.05) is 6.07 Å². The Morgan fingerprint density at radius 2 is 1.65 bits per heavy atom. The highest BCUT2D eigenvalue weighted by Gasteiger charge is 2.07. The first-order chi connectivity index (χ1) is 8.34. The summed E-state index contributed by atoms with van der Waals surface area (Å²) in [4.78, 5) is 0. The molecule has 17 heavy (non-hydrogen) atoms. The maximum absolute atomic E-state index is 4.59. The molecule has 84 valence electrons. The van der Waals surface area contributed by atoms with Crippen LogP contribution >= 0.6 is 22.6 Å². The number of hydrogen-bond acceptors (Lipinski definition) is 1. The van der Waals surface area contributed by atoms with Gasteiger partial charge in [-0.3, -0.25) is 4.68 Å². The van der Waals surface area contributed by atoms with Crippen LogP contribution in [0.5, 0.6) is 0 Å². The molecule has 1 heterocycles. The second kappa shape index (κ2) is 4.49. The molecule has 0 N–H and O–H groups in total. The largest absolute Gasteiger partial charge is 0.259 e. The Labute approximate surface area is 113 Å². The molecule has 0 atom stereocenters. The molecule has 0 bridgehead atoms. The van der Waals surface area contributed by atoms with Crippen LogP contribution in [0.15, 0.2) is 54.6 Å². The van der Waals surface area contributed by atoms with Crippen LogP contribution in [-0.2, 0) is 6.54 Å². The zero-order valence-corrected chi connectivity index (χ0v) is 11.3. The van der Waals surface area contributed by atoms with E-state index in [0.29, 0.717) is 0 Å². The minimum absolute atomic E-state index is 0.824. The molecule has 3 heteroatoms. The maximum atomic E-state index is 4.59. The van der Waals surface area contributed by atoms with Crippen LogP contribution in [0.3, 0.4) is 0 Å². The molecule has 0 amide bonds. The van der Waals surface area contributed by atoms with Crippen molar-refractivity contribution < 1.29 is 0 Å². The van der Waals surface area contributed by atoms with E-state index in [1.54, 1.807) is 0 Å². The molecular formula is C14H11IN2. The number of para-hydroxylation sites is 1. The highest BCUT2D eigenvalue weighted by atomic mass is 127. The van der Waals surface area contributed by atoms with E-state index in [9.17, 15) is 0 Å². The fourth-order valence-electron chi connectivity index (χ4n) is 1.96. The van der Waals surface area contributed by atoms with Crippen LogP contribution in [0.1, 0.15) is 5.56 Å². The minimum Gasteiger partial charge on any atom is -0.259 e. The smallest absolute Gasteiger partial charge is 0.131 e. The standard InChI is InChI=1S/C14H11IN2/c15-14-12-8-4-5-9-13(12)17(16-14)10-11-6-2-1-3-7-11/h1-9H,10H2. The predicted octanol–water partition coefficient (Wildman–Crippen LogP) is 3.69. The van der Waals surface area contributed by atoms with Gasteiger partial charge in [-0.1, -0.05) is 48.5 Å². The number of benzene rings is 2. The Morgan fingerprint density at radius 3 is 2.47 bits per heavy atom. The van der Waals surface area contributed by atoms with Crippen molar-refractivity contribution in [2.45, 2.75) is 6.54 Å². The number of aromatic nitrogens is 2. The van der Waals surface area contributed by atoms with Gasteiger partial charge >= 0.3 is 0 Å². The van der Waals surface area contributed by atoms with Gasteiger partial charge in [0.1, 0.15) is 3.70 Å². The van der Waals surface area contributed by atoms with E-state index in [2.05, 4.69) is 80.9 Å². The number of halogens is 1. The Kier molecular flexibility index (Phi) is 2.84. The van der Waals surface area contributed by atoms with Crippen LogP contribution < -0.4 is 0 Å². The molecule has 3 rings (SSSR count). The first kappa shape index (κ1) is 10.8. The Bertz CT molecular complexity index is 644. The Hall–Kier alpha value is -1.36. The lowest BCUT2D eigenvalue weighted by atomic mass is 10.2. The van der Waals surface area contributed by atoms with Gasteiger partial charge in [-0.2, -0.15) is 5.10 Å². The fourth-order valence-corrected chi connectivity index (χ4v) is 2.68. The molecule has 1 aromatic heterocycles. The summed E-state index contributed by atoms with van der Waals surface area (Å²) < 4.78 is 3.13. The normalized spacial score (nSPS) is 10.9. The molecule has 2 aromatic carbocycles. The van der Waals surface area contributed by atoms with E-state index in [1.165, 1.54) is 16.5 Å². The van der Waals surface area contributed by atoms with Gasteiger partial charge in [-0.25, -0.2) is 0 Å². The third-order valence-electron chi connectivity index (χ3n) is 2.79. The number of fused-ring (bicyclic) bond motifs is 1. The van der Waals surface area contributed by atoms with Gasteiger partial charge in [0.15, 0.2) is 0 Å². The highest BCUT2D eigenvalue weighted by Crippen LogP contribution is 2.20. The number of nitrogens with zero attached hydrogens (tertiary/aromatic N) is 2. The van der Waals surface area contributed by atoms with Crippen LogP contribution in [0.2, 0.25) is 0 Å². The highest BCUT2D eigenvalue weighted by molar-refractivity contribution is 14.1. The average molecular weight is 334 g/mol. The summed E-state index contributed by atoms with van der Waals surface area (Å²) in [6.45, 7) is 0.824. The Balaban J connectivity index is 2.07. The second-order valence-electron chi connectivity index (χ2n) is 3.95. The summed E-state index contributed by atoms with van der Waals surface area (Å²) in [5.74, 6) is 0. The van der Waals surface area contributed by atoms with Gasteiger partial charge in [0, 0.05) is 5.39 Å². The lowest BCUT2D eigenvalue weighted by molar-refractivity contribution is 0.705. The zero-order chi connectivity index (χ0) is 11.7. The lowest BCUT2D eigenvalue weighted by Gasteiger charge is -2.03. The molecule has 0 aliphatic carbocycles. The van der Waals surface area contributed by atoms with E-state index in [-0.39, 0.29) is 0 Å². The first-order valence-corrected chi connectivity index (χ1v) is 6.57. The summed E-state index contributed by atoms with van der Waals surface area (Å²) in [7, 11) is 0. The van der Waals surface area contributed by atoms with E-state index in [0.717, 1.165) is 10.2 Å². The molecule has 0 saturated carbocycles. The van der Waals surface area contributed by atoms with Crippen molar-refractivity contribution in [1.29, 1.82) is 0 Å². The van der Waals surface area contributed by atoms with Gasteiger partial charge in [-0.05, 0) is 34.2 Å². The van der Waals surface area contributed by atoms with Gasteiger partial charge in [-0.15, -0.1) is 0 Å². The number of hydrogen-bond donors (Lipinski definition) is 0. The summed E-state index contributed by atoms with van der Waals surface area (Å²) in [5.41, 5.74) is 2.47. The van der Waals surface area contributed by atoms with Crippen LogP contribution in [0, 0.1) is 3.70 Å². The summed E-state index contributed by atoms with van der Waals surface area (Å²) in [6, 6.07) is 18.8. The maximum Gasteiger partial charge on any atom is 0.131 e.